The zero-order chi connectivity index (χ0) is 8.48. The molecule has 0 aliphatic heterocycles. The van der Waals surface area contributed by atoms with Crippen LogP contribution >= 0.6 is 11.6 Å². The number of halogens is 1. The van der Waals surface area contributed by atoms with Crippen molar-refractivity contribution in [3.05, 3.63) is 29.3 Å². The monoisotopic (exact) mass is 200 g/mol. The van der Waals surface area contributed by atoms with Crippen LogP contribution in [0.2, 0.25) is 5.02 Å². The van der Waals surface area contributed by atoms with Crippen LogP contribution in [-0.2, 0) is 10.1 Å². The molecular weight excluding hydrogens is 195 g/mol. The normalized spacial score (nSPS) is 10.5. The second-order valence-electron chi connectivity index (χ2n) is 1.91. The molecule has 0 unspecified atom stereocenters. The van der Waals surface area contributed by atoms with E-state index in [9.17, 15) is 8.42 Å². The Morgan fingerprint density at radius 3 is 2.17 bits per heavy atom. The van der Waals surface area contributed by atoms with Gasteiger partial charge < -0.3 is 1.43 Å². The van der Waals surface area contributed by atoms with E-state index in [1.165, 1.54) is 18.2 Å². The van der Waals surface area contributed by atoms with Gasteiger partial charge in [0.15, 0.2) is 0 Å². The number of hydrogen-bond donors (Lipinski definition) is 1. The van der Waals surface area contributed by atoms with E-state index >= 15 is 0 Å². The van der Waals surface area contributed by atoms with Crippen LogP contribution in [0.25, 0.3) is 0 Å². The molecule has 0 saturated heterocycles. The summed E-state index contributed by atoms with van der Waals surface area (Å²) in [4.78, 5) is -0.262. The minimum absolute atomic E-state index is 0. The average Bonchev–Trinajstić information content (AvgIpc) is 1.86. The van der Waals surface area contributed by atoms with Crippen molar-refractivity contribution < 1.29 is 33.3 Å². The number of rotatable bonds is 1. The maximum Gasteiger partial charge on any atom is 1.00 e. The first kappa shape index (κ1) is 12.0. The van der Waals surface area contributed by atoms with E-state index in [4.69, 9.17) is 16.2 Å². The van der Waals surface area contributed by atoms with Crippen LogP contribution in [0, 0.1) is 0 Å². The van der Waals surface area contributed by atoms with Crippen LogP contribution in [0.4, 0.5) is 0 Å². The first-order valence-corrected chi connectivity index (χ1v) is 4.55. The molecule has 0 fully saturated rings. The molecular formula is C6H6ClLiO3S. The van der Waals surface area contributed by atoms with Crippen LogP contribution in [0.15, 0.2) is 29.2 Å². The molecule has 12 heavy (non-hydrogen) atoms. The third kappa shape index (κ3) is 2.81. The summed E-state index contributed by atoms with van der Waals surface area (Å²) >= 11 is 5.47. The summed E-state index contributed by atoms with van der Waals surface area (Å²) in [6.07, 6.45) is 0. The molecule has 0 aliphatic carbocycles. The molecule has 0 aromatic heterocycles. The molecule has 0 spiro atoms. The average molecular weight is 201 g/mol. The van der Waals surface area contributed by atoms with Gasteiger partial charge >= 0.3 is 18.9 Å². The van der Waals surface area contributed by atoms with E-state index in [1.54, 1.807) is 6.07 Å². The summed E-state index contributed by atoms with van der Waals surface area (Å²) in [5.41, 5.74) is 0. The summed E-state index contributed by atoms with van der Waals surface area (Å²) in [5, 5.41) is 0.0231. The molecule has 0 atom stereocenters. The maximum atomic E-state index is 10.5. The van der Waals surface area contributed by atoms with Gasteiger partial charge in [0.25, 0.3) is 10.1 Å². The summed E-state index contributed by atoms with van der Waals surface area (Å²) in [5.74, 6) is 0. The molecule has 0 heterocycles. The Morgan fingerprint density at radius 1 is 1.33 bits per heavy atom. The number of hydrogen-bond acceptors (Lipinski definition) is 2. The molecule has 6 heteroatoms. The Morgan fingerprint density at radius 2 is 1.83 bits per heavy atom. The summed E-state index contributed by atoms with van der Waals surface area (Å²) < 4.78 is 29.6. The zero-order valence-electron chi connectivity index (χ0n) is 7.36. The van der Waals surface area contributed by atoms with Crippen molar-refractivity contribution in [1.29, 1.82) is 0 Å². The second-order valence-corrected chi connectivity index (χ2v) is 3.70. The summed E-state index contributed by atoms with van der Waals surface area (Å²) in [6, 6.07) is 5.69. The summed E-state index contributed by atoms with van der Waals surface area (Å²) in [7, 11) is -4.17. The fraction of sp³-hybridized carbons (Fsp3) is 0. The molecule has 62 valence electrons. The quantitative estimate of drug-likeness (QED) is 0.453. The van der Waals surface area contributed by atoms with Gasteiger partial charge in [-0.25, -0.2) is 0 Å². The fourth-order valence-electron chi connectivity index (χ4n) is 0.654. The van der Waals surface area contributed by atoms with Gasteiger partial charge in [0, 0.05) is 0 Å². The van der Waals surface area contributed by atoms with E-state index in [-0.39, 0.29) is 30.2 Å². The largest absolute Gasteiger partial charge is 1.00 e. The number of benzene rings is 1. The van der Waals surface area contributed by atoms with Gasteiger partial charge in [-0.3, -0.25) is 4.55 Å². The molecule has 1 N–H and O–H groups in total. The van der Waals surface area contributed by atoms with Crippen LogP contribution < -0.4 is 18.9 Å². The SMILES string of the molecule is O=S(=O)(O)c1ccccc1Cl.[H-].[Li+]. The Balaban J connectivity index is 0. The molecule has 3 nitrogen and oxygen atoms in total. The van der Waals surface area contributed by atoms with Crippen molar-refractivity contribution in [3.63, 3.8) is 0 Å². The minimum atomic E-state index is -4.17. The van der Waals surface area contributed by atoms with Gasteiger partial charge in [0.05, 0.1) is 5.02 Å². The van der Waals surface area contributed by atoms with Crippen molar-refractivity contribution >= 4 is 21.7 Å². The molecule has 1 aromatic rings. The third-order valence-electron chi connectivity index (χ3n) is 1.11. The molecule has 0 saturated carbocycles. The second kappa shape index (κ2) is 4.31. The molecule has 1 aromatic carbocycles. The van der Waals surface area contributed by atoms with Crippen LogP contribution in [0.3, 0.4) is 0 Å². The smallest absolute Gasteiger partial charge is 1.00 e. The van der Waals surface area contributed by atoms with Crippen molar-refractivity contribution in [2.75, 3.05) is 0 Å². The first-order valence-electron chi connectivity index (χ1n) is 2.74. The molecule has 0 aliphatic rings. The van der Waals surface area contributed by atoms with Crippen LogP contribution in [-0.4, -0.2) is 13.0 Å². The van der Waals surface area contributed by atoms with Gasteiger partial charge in [-0.15, -0.1) is 0 Å². The van der Waals surface area contributed by atoms with Crippen LogP contribution in [0.1, 0.15) is 1.43 Å². The zero-order valence-corrected chi connectivity index (χ0v) is 7.93. The van der Waals surface area contributed by atoms with E-state index in [0.717, 1.165) is 0 Å². The first-order chi connectivity index (χ1) is 5.02. The molecule has 0 amide bonds. The maximum absolute atomic E-state index is 10.5. The van der Waals surface area contributed by atoms with Crippen molar-refractivity contribution in [2.45, 2.75) is 4.90 Å². The van der Waals surface area contributed by atoms with E-state index in [0.29, 0.717) is 0 Å². The Kier molecular flexibility index (Phi) is 4.32. The van der Waals surface area contributed by atoms with Gasteiger partial charge in [-0.2, -0.15) is 8.42 Å². The predicted molar refractivity (Wildman–Crippen MR) is 42.4 cm³/mol. The van der Waals surface area contributed by atoms with Crippen LogP contribution in [0.5, 0.6) is 0 Å². The standard InChI is InChI=1S/C6H5ClO3S.Li.H/c7-5-3-1-2-4-6(5)11(8,9)10;;/h1-4H,(H,8,9,10);;/q;+1;-1. The van der Waals surface area contributed by atoms with E-state index in [1.807, 2.05) is 0 Å². The van der Waals surface area contributed by atoms with Gasteiger partial charge in [0.2, 0.25) is 0 Å². The topological polar surface area (TPSA) is 54.4 Å². The third-order valence-corrected chi connectivity index (χ3v) is 2.47. The Bertz CT molecular complexity index is 368. The van der Waals surface area contributed by atoms with E-state index in [2.05, 4.69) is 0 Å². The van der Waals surface area contributed by atoms with Gasteiger partial charge in [-0.05, 0) is 12.1 Å². The van der Waals surface area contributed by atoms with Crippen molar-refractivity contribution in [3.8, 4) is 0 Å². The van der Waals surface area contributed by atoms with Crippen molar-refractivity contribution in [1.82, 2.24) is 0 Å². The molecule has 0 radical (unpaired) electrons. The fourth-order valence-corrected chi connectivity index (χ4v) is 1.65. The Labute approximate surface area is 89.1 Å². The molecule has 1 rings (SSSR count). The van der Waals surface area contributed by atoms with Gasteiger partial charge in [-0.1, -0.05) is 23.7 Å². The molecule has 0 bridgehead atoms. The Hall–Kier alpha value is 0.0174. The predicted octanol–water partition coefficient (Wildman–Crippen LogP) is -1.30. The minimum Gasteiger partial charge on any atom is -1.00 e. The summed E-state index contributed by atoms with van der Waals surface area (Å²) in [6.45, 7) is 0. The van der Waals surface area contributed by atoms with E-state index < -0.39 is 10.1 Å². The van der Waals surface area contributed by atoms with Crippen molar-refractivity contribution in [2.24, 2.45) is 0 Å². The van der Waals surface area contributed by atoms with Gasteiger partial charge in [0.1, 0.15) is 4.90 Å².